The predicted molar refractivity (Wildman–Crippen MR) is 53.8 cm³/mol. The quantitative estimate of drug-likeness (QED) is 0.620. The summed E-state index contributed by atoms with van der Waals surface area (Å²) in [6.45, 7) is 8.50. The van der Waals surface area contributed by atoms with E-state index in [0.29, 0.717) is 5.92 Å². The van der Waals surface area contributed by atoms with E-state index in [2.05, 4.69) is 37.6 Å². The molecule has 1 nitrogen and oxygen atoms in total. The summed E-state index contributed by atoms with van der Waals surface area (Å²) in [5.74, 6) is 0.585. The second-order valence-electron chi connectivity index (χ2n) is 3.49. The first-order chi connectivity index (χ1) is 5.54. The molecule has 0 N–H and O–H groups in total. The van der Waals surface area contributed by atoms with E-state index in [1.807, 2.05) is 6.92 Å². The number of hydrogen-bond donors (Lipinski definition) is 0. The van der Waals surface area contributed by atoms with Crippen LogP contribution in [0.25, 0.3) is 0 Å². The number of alkyl halides is 1. The monoisotopic (exact) mass is 185 g/mol. The van der Waals surface area contributed by atoms with Gasteiger partial charge in [-0.05, 0) is 31.4 Å². The Kier molecular flexibility index (Phi) is 2.84. The summed E-state index contributed by atoms with van der Waals surface area (Å²) >= 11 is 5.99. The van der Waals surface area contributed by atoms with Crippen LogP contribution in [0.4, 0.5) is 0 Å². The minimum absolute atomic E-state index is 0.0532. The fraction of sp³-hybridized carbons (Fsp3) is 0.600. The smallest absolute Gasteiger partial charge is 0.105 e. The summed E-state index contributed by atoms with van der Waals surface area (Å²) in [5, 5.41) is 0. The highest BCUT2D eigenvalue weighted by molar-refractivity contribution is 6.18. The van der Waals surface area contributed by atoms with Gasteiger partial charge in [-0.2, -0.15) is 0 Å². The predicted octanol–water partition coefficient (Wildman–Crippen LogP) is 3.68. The van der Waals surface area contributed by atoms with Crippen molar-refractivity contribution in [2.24, 2.45) is 0 Å². The molecule has 0 bridgehead atoms. The summed E-state index contributed by atoms with van der Waals surface area (Å²) in [6.07, 6.45) is 2.06. The van der Waals surface area contributed by atoms with Gasteiger partial charge in [0.05, 0.1) is 0 Å². The molecule has 1 heterocycles. The van der Waals surface area contributed by atoms with E-state index >= 15 is 0 Å². The molecule has 0 aliphatic heterocycles. The number of rotatable bonds is 2. The first-order valence-corrected chi connectivity index (χ1v) is 4.79. The van der Waals surface area contributed by atoms with E-state index in [0.717, 1.165) is 0 Å². The second kappa shape index (κ2) is 3.53. The van der Waals surface area contributed by atoms with Gasteiger partial charge in [0.2, 0.25) is 0 Å². The minimum atomic E-state index is 0.0532. The van der Waals surface area contributed by atoms with E-state index in [4.69, 9.17) is 11.6 Å². The van der Waals surface area contributed by atoms with E-state index in [9.17, 15) is 0 Å². The zero-order valence-electron chi connectivity index (χ0n) is 8.13. The van der Waals surface area contributed by atoms with Gasteiger partial charge in [-0.25, -0.2) is 0 Å². The second-order valence-corrected chi connectivity index (χ2v) is 4.12. The molecule has 1 unspecified atom stereocenters. The van der Waals surface area contributed by atoms with E-state index in [1.54, 1.807) is 0 Å². The third-order valence-electron chi connectivity index (χ3n) is 2.23. The summed E-state index contributed by atoms with van der Waals surface area (Å²) in [5.41, 5.74) is 2.73. The lowest BCUT2D eigenvalue weighted by Gasteiger charge is -2.10. The molecule has 1 rings (SSSR count). The van der Waals surface area contributed by atoms with Crippen molar-refractivity contribution in [1.82, 2.24) is 4.57 Å². The molecule has 0 aliphatic carbocycles. The molecule has 12 heavy (non-hydrogen) atoms. The van der Waals surface area contributed by atoms with Crippen molar-refractivity contribution in [3.05, 3.63) is 23.5 Å². The summed E-state index contributed by atoms with van der Waals surface area (Å²) in [6, 6.07) is 2.15. The molecular weight excluding hydrogens is 170 g/mol. The zero-order chi connectivity index (χ0) is 9.30. The Bertz CT molecular complexity index is 235. The van der Waals surface area contributed by atoms with Crippen LogP contribution in [0.2, 0.25) is 0 Å². The topological polar surface area (TPSA) is 4.93 Å². The van der Waals surface area contributed by atoms with Gasteiger partial charge in [0.25, 0.3) is 0 Å². The number of halogens is 1. The van der Waals surface area contributed by atoms with Crippen LogP contribution in [-0.4, -0.2) is 4.57 Å². The SMILES string of the molecule is Cc1c(C(C)C)ccn1C(C)Cl. The van der Waals surface area contributed by atoms with Crippen molar-refractivity contribution in [2.75, 3.05) is 0 Å². The molecule has 0 radical (unpaired) electrons. The average Bonchev–Trinajstić information content (AvgIpc) is 2.30. The first-order valence-electron chi connectivity index (χ1n) is 4.35. The van der Waals surface area contributed by atoms with Gasteiger partial charge in [-0.1, -0.05) is 25.4 Å². The fourth-order valence-electron chi connectivity index (χ4n) is 1.54. The summed E-state index contributed by atoms with van der Waals surface area (Å²) in [4.78, 5) is 0. The normalized spacial score (nSPS) is 13.8. The molecule has 1 atom stereocenters. The average molecular weight is 186 g/mol. The van der Waals surface area contributed by atoms with Gasteiger partial charge < -0.3 is 4.57 Å². The number of nitrogens with zero attached hydrogens (tertiary/aromatic N) is 1. The van der Waals surface area contributed by atoms with Crippen LogP contribution < -0.4 is 0 Å². The third-order valence-corrected chi connectivity index (χ3v) is 2.44. The molecule has 1 aromatic heterocycles. The Morgan fingerprint density at radius 2 is 1.92 bits per heavy atom. The van der Waals surface area contributed by atoms with Crippen LogP contribution in [0.15, 0.2) is 12.3 Å². The molecule has 0 saturated carbocycles. The van der Waals surface area contributed by atoms with Crippen LogP contribution in [0, 0.1) is 6.92 Å². The molecule has 0 saturated heterocycles. The Labute approximate surface area is 79.3 Å². The third kappa shape index (κ3) is 1.66. The van der Waals surface area contributed by atoms with Gasteiger partial charge in [0, 0.05) is 11.9 Å². The van der Waals surface area contributed by atoms with Gasteiger partial charge in [0.1, 0.15) is 5.50 Å². The lowest BCUT2D eigenvalue weighted by Crippen LogP contribution is -2.00. The largest absolute Gasteiger partial charge is 0.335 e. The molecule has 0 aromatic carbocycles. The van der Waals surface area contributed by atoms with Crippen LogP contribution in [0.1, 0.15) is 43.4 Å². The van der Waals surface area contributed by atoms with Crippen molar-refractivity contribution in [3.8, 4) is 0 Å². The van der Waals surface area contributed by atoms with Crippen molar-refractivity contribution in [1.29, 1.82) is 0 Å². The first kappa shape index (κ1) is 9.66. The maximum Gasteiger partial charge on any atom is 0.105 e. The summed E-state index contributed by atoms with van der Waals surface area (Å²) in [7, 11) is 0. The lowest BCUT2D eigenvalue weighted by molar-refractivity contribution is 0.700. The highest BCUT2D eigenvalue weighted by atomic mass is 35.5. The highest BCUT2D eigenvalue weighted by Gasteiger charge is 2.09. The molecule has 0 amide bonds. The molecule has 0 spiro atoms. The van der Waals surface area contributed by atoms with Gasteiger partial charge in [0.15, 0.2) is 0 Å². The van der Waals surface area contributed by atoms with Crippen LogP contribution in [0.3, 0.4) is 0 Å². The van der Waals surface area contributed by atoms with Gasteiger partial charge >= 0.3 is 0 Å². The Balaban J connectivity index is 3.04. The fourth-order valence-corrected chi connectivity index (χ4v) is 1.75. The van der Waals surface area contributed by atoms with Crippen LogP contribution >= 0.6 is 11.6 Å². The van der Waals surface area contributed by atoms with Gasteiger partial charge in [-0.15, -0.1) is 0 Å². The molecule has 1 aromatic rings. The van der Waals surface area contributed by atoms with E-state index in [-0.39, 0.29) is 5.50 Å². The number of hydrogen-bond acceptors (Lipinski definition) is 0. The van der Waals surface area contributed by atoms with Crippen molar-refractivity contribution in [2.45, 2.75) is 39.1 Å². The Morgan fingerprint density at radius 3 is 2.17 bits per heavy atom. The van der Waals surface area contributed by atoms with Crippen molar-refractivity contribution in [3.63, 3.8) is 0 Å². The van der Waals surface area contributed by atoms with E-state index < -0.39 is 0 Å². The minimum Gasteiger partial charge on any atom is -0.335 e. The van der Waals surface area contributed by atoms with Crippen molar-refractivity contribution >= 4 is 11.6 Å². The Hall–Kier alpha value is -0.430. The van der Waals surface area contributed by atoms with Gasteiger partial charge in [-0.3, -0.25) is 0 Å². The highest BCUT2D eigenvalue weighted by Crippen LogP contribution is 2.23. The van der Waals surface area contributed by atoms with Crippen LogP contribution in [0.5, 0.6) is 0 Å². The molecule has 0 aliphatic rings. The molecule has 0 fully saturated rings. The summed E-state index contributed by atoms with van der Waals surface area (Å²) < 4.78 is 2.09. The maximum atomic E-state index is 5.99. The lowest BCUT2D eigenvalue weighted by atomic mass is 10.0. The molecule has 68 valence electrons. The molecular formula is C10H16ClN. The zero-order valence-corrected chi connectivity index (χ0v) is 8.89. The van der Waals surface area contributed by atoms with E-state index in [1.165, 1.54) is 11.3 Å². The molecule has 2 heteroatoms. The van der Waals surface area contributed by atoms with Crippen LogP contribution in [-0.2, 0) is 0 Å². The maximum absolute atomic E-state index is 5.99. The Morgan fingerprint density at radius 1 is 1.33 bits per heavy atom. The standard InChI is InChI=1S/C10H16ClN/c1-7(2)10-5-6-12(8(10)3)9(4)11/h5-7,9H,1-4H3. The van der Waals surface area contributed by atoms with Crippen molar-refractivity contribution < 1.29 is 0 Å². The number of aromatic nitrogens is 1.